The predicted octanol–water partition coefficient (Wildman–Crippen LogP) is 1.06. The standard InChI is InChI=1S/C13H22N2O2/c1-12(16,11-3-2-6-15-9-11)13(10-14)4-7-17-8-5-13/h11,15-16H,2-9H2,1H3. The second-order valence-corrected chi connectivity index (χ2v) is 5.50. The molecule has 2 aliphatic rings. The van der Waals surface area contributed by atoms with Gasteiger partial charge in [-0.05, 0) is 39.2 Å². The number of ether oxygens (including phenoxy) is 1. The fourth-order valence-electron chi connectivity index (χ4n) is 3.17. The molecular weight excluding hydrogens is 216 g/mol. The van der Waals surface area contributed by atoms with Gasteiger partial charge in [0.05, 0.1) is 17.1 Å². The van der Waals surface area contributed by atoms with Crippen molar-refractivity contribution in [3.63, 3.8) is 0 Å². The summed E-state index contributed by atoms with van der Waals surface area (Å²) in [6, 6.07) is 2.40. The first-order chi connectivity index (χ1) is 8.12. The summed E-state index contributed by atoms with van der Waals surface area (Å²) in [6.07, 6.45) is 3.38. The van der Waals surface area contributed by atoms with Crippen LogP contribution in [0, 0.1) is 22.7 Å². The third kappa shape index (κ3) is 2.20. The normalized spacial score (nSPS) is 32.4. The SMILES string of the molecule is CC(O)(C1CCCNC1)C1(C#N)CCOCC1. The number of nitrogens with zero attached hydrogens (tertiary/aromatic N) is 1. The largest absolute Gasteiger partial charge is 0.388 e. The maximum Gasteiger partial charge on any atom is 0.0904 e. The summed E-state index contributed by atoms with van der Waals surface area (Å²) in [6.45, 7) is 4.86. The van der Waals surface area contributed by atoms with E-state index in [4.69, 9.17) is 4.74 Å². The van der Waals surface area contributed by atoms with Gasteiger partial charge in [-0.15, -0.1) is 0 Å². The molecule has 2 aliphatic heterocycles. The van der Waals surface area contributed by atoms with Gasteiger partial charge in [0.1, 0.15) is 0 Å². The Morgan fingerprint density at radius 2 is 2.18 bits per heavy atom. The molecule has 0 saturated carbocycles. The van der Waals surface area contributed by atoms with Gasteiger partial charge in [-0.1, -0.05) is 0 Å². The van der Waals surface area contributed by atoms with Crippen LogP contribution >= 0.6 is 0 Å². The number of hydrogen-bond donors (Lipinski definition) is 2. The lowest BCUT2D eigenvalue weighted by atomic mass is 9.62. The molecule has 2 atom stereocenters. The maximum absolute atomic E-state index is 10.9. The monoisotopic (exact) mass is 238 g/mol. The molecule has 17 heavy (non-hydrogen) atoms. The van der Waals surface area contributed by atoms with Crippen LogP contribution < -0.4 is 5.32 Å². The Morgan fingerprint density at radius 3 is 2.71 bits per heavy atom. The van der Waals surface area contributed by atoms with E-state index in [0.717, 1.165) is 25.9 Å². The van der Waals surface area contributed by atoms with Gasteiger partial charge >= 0.3 is 0 Å². The average Bonchev–Trinajstić information content (AvgIpc) is 2.40. The molecule has 0 aromatic carbocycles. The Kier molecular flexibility index (Phi) is 3.72. The molecule has 0 amide bonds. The molecule has 0 bridgehead atoms. The lowest BCUT2D eigenvalue weighted by Gasteiger charge is -2.48. The Hall–Kier alpha value is -0.630. The molecule has 0 radical (unpaired) electrons. The van der Waals surface area contributed by atoms with Crippen molar-refractivity contribution in [1.82, 2.24) is 5.32 Å². The summed E-state index contributed by atoms with van der Waals surface area (Å²) in [7, 11) is 0. The van der Waals surface area contributed by atoms with Crippen LogP contribution in [0.15, 0.2) is 0 Å². The topological polar surface area (TPSA) is 65.3 Å². The van der Waals surface area contributed by atoms with E-state index in [1.165, 1.54) is 0 Å². The van der Waals surface area contributed by atoms with Crippen LogP contribution in [-0.2, 0) is 4.74 Å². The highest BCUT2D eigenvalue weighted by molar-refractivity contribution is 5.13. The van der Waals surface area contributed by atoms with Crippen molar-refractivity contribution in [3.8, 4) is 6.07 Å². The quantitative estimate of drug-likeness (QED) is 0.755. The Morgan fingerprint density at radius 1 is 1.47 bits per heavy atom. The molecule has 2 heterocycles. The summed E-state index contributed by atoms with van der Waals surface area (Å²) in [5, 5.41) is 23.7. The maximum atomic E-state index is 10.9. The summed E-state index contributed by atoms with van der Waals surface area (Å²) in [5.41, 5.74) is -1.55. The first-order valence-corrected chi connectivity index (χ1v) is 6.54. The summed E-state index contributed by atoms with van der Waals surface area (Å²) in [4.78, 5) is 0. The molecule has 96 valence electrons. The summed E-state index contributed by atoms with van der Waals surface area (Å²) < 4.78 is 5.33. The molecule has 0 aliphatic carbocycles. The van der Waals surface area contributed by atoms with Gasteiger partial charge in [0.25, 0.3) is 0 Å². The van der Waals surface area contributed by atoms with Crippen molar-refractivity contribution in [3.05, 3.63) is 0 Å². The molecule has 2 fully saturated rings. The van der Waals surface area contributed by atoms with E-state index in [9.17, 15) is 10.4 Å². The van der Waals surface area contributed by atoms with Crippen LogP contribution in [0.25, 0.3) is 0 Å². The van der Waals surface area contributed by atoms with E-state index in [2.05, 4.69) is 11.4 Å². The third-order valence-electron chi connectivity index (χ3n) is 4.62. The molecule has 2 N–H and O–H groups in total. The number of rotatable bonds is 2. The van der Waals surface area contributed by atoms with E-state index < -0.39 is 11.0 Å². The first-order valence-electron chi connectivity index (χ1n) is 6.54. The van der Waals surface area contributed by atoms with Crippen molar-refractivity contribution in [1.29, 1.82) is 5.26 Å². The van der Waals surface area contributed by atoms with Gasteiger partial charge in [-0.3, -0.25) is 0 Å². The minimum absolute atomic E-state index is 0.175. The van der Waals surface area contributed by atoms with Gasteiger partial charge in [-0.2, -0.15) is 5.26 Å². The average molecular weight is 238 g/mol. The Bertz CT molecular complexity index is 297. The molecule has 2 unspecified atom stereocenters. The van der Waals surface area contributed by atoms with Gasteiger partial charge < -0.3 is 15.2 Å². The lowest BCUT2D eigenvalue weighted by molar-refractivity contribution is -0.129. The van der Waals surface area contributed by atoms with Gasteiger partial charge in [0, 0.05) is 25.7 Å². The molecule has 4 nitrogen and oxygen atoms in total. The zero-order valence-corrected chi connectivity index (χ0v) is 10.5. The molecule has 0 spiro atoms. The van der Waals surface area contributed by atoms with Crippen LogP contribution in [-0.4, -0.2) is 37.0 Å². The fraction of sp³-hybridized carbons (Fsp3) is 0.923. The minimum atomic E-state index is -0.918. The van der Waals surface area contributed by atoms with Gasteiger partial charge in [-0.25, -0.2) is 0 Å². The highest BCUT2D eigenvalue weighted by Crippen LogP contribution is 2.45. The minimum Gasteiger partial charge on any atom is -0.388 e. The van der Waals surface area contributed by atoms with E-state index in [1.807, 2.05) is 6.92 Å². The van der Waals surface area contributed by atoms with Gasteiger partial charge in [0.2, 0.25) is 0 Å². The van der Waals surface area contributed by atoms with Crippen molar-refractivity contribution in [2.24, 2.45) is 11.3 Å². The van der Waals surface area contributed by atoms with E-state index in [-0.39, 0.29) is 5.92 Å². The van der Waals surface area contributed by atoms with Crippen LogP contribution in [0.3, 0.4) is 0 Å². The zero-order valence-electron chi connectivity index (χ0n) is 10.5. The van der Waals surface area contributed by atoms with Crippen LogP contribution in [0.1, 0.15) is 32.6 Å². The van der Waals surface area contributed by atoms with Crippen LogP contribution in [0.5, 0.6) is 0 Å². The second kappa shape index (κ2) is 4.93. The van der Waals surface area contributed by atoms with Crippen LogP contribution in [0.2, 0.25) is 0 Å². The Labute approximate surface area is 103 Å². The second-order valence-electron chi connectivity index (χ2n) is 5.50. The summed E-state index contributed by atoms with van der Waals surface area (Å²) >= 11 is 0. The number of aliphatic hydroxyl groups is 1. The zero-order chi connectivity index (χ0) is 12.4. The number of piperidine rings is 1. The molecule has 2 saturated heterocycles. The molecule has 4 heteroatoms. The van der Waals surface area contributed by atoms with Crippen molar-refractivity contribution < 1.29 is 9.84 Å². The predicted molar refractivity (Wildman–Crippen MR) is 64.3 cm³/mol. The molecular formula is C13H22N2O2. The number of nitriles is 1. The van der Waals surface area contributed by atoms with Crippen molar-refractivity contribution >= 4 is 0 Å². The lowest BCUT2D eigenvalue weighted by Crippen LogP contribution is -2.56. The van der Waals surface area contributed by atoms with Crippen molar-refractivity contribution in [2.75, 3.05) is 26.3 Å². The highest BCUT2D eigenvalue weighted by Gasteiger charge is 2.52. The van der Waals surface area contributed by atoms with E-state index >= 15 is 0 Å². The van der Waals surface area contributed by atoms with Crippen LogP contribution in [0.4, 0.5) is 0 Å². The third-order valence-corrected chi connectivity index (χ3v) is 4.62. The number of nitrogens with one attached hydrogen (secondary N) is 1. The highest BCUT2D eigenvalue weighted by atomic mass is 16.5. The smallest absolute Gasteiger partial charge is 0.0904 e. The molecule has 2 rings (SSSR count). The molecule has 0 aromatic heterocycles. The Balaban J connectivity index is 2.18. The van der Waals surface area contributed by atoms with E-state index in [1.54, 1.807) is 0 Å². The van der Waals surface area contributed by atoms with Crippen molar-refractivity contribution in [2.45, 2.75) is 38.2 Å². The summed E-state index contributed by atoms with van der Waals surface area (Å²) in [5.74, 6) is 0.175. The fourth-order valence-corrected chi connectivity index (χ4v) is 3.17. The van der Waals surface area contributed by atoms with Gasteiger partial charge in [0.15, 0.2) is 0 Å². The van der Waals surface area contributed by atoms with E-state index in [0.29, 0.717) is 26.1 Å². The molecule has 0 aromatic rings. The number of hydrogen-bond acceptors (Lipinski definition) is 4. The first kappa shape index (κ1) is 12.8.